The van der Waals surface area contributed by atoms with Crippen molar-refractivity contribution in [3.63, 3.8) is 0 Å². The van der Waals surface area contributed by atoms with Gasteiger partial charge < -0.3 is 0 Å². The van der Waals surface area contributed by atoms with E-state index in [0.717, 1.165) is 19.1 Å². The van der Waals surface area contributed by atoms with Crippen LogP contribution in [0.5, 0.6) is 0 Å². The quantitative estimate of drug-likeness (QED) is 0.532. The van der Waals surface area contributed by atoms with Crippen LogP contribution in [0.15, 0.2) is 0 Å². The average molecular weight is 139 g/mol. The Morgan fingerprint density at radius 3 is 2.60 bits per heavy atom. The van der Waals surface area contributed by atoms with Gasteiger partial charge in [0.25, 0.3) is 0 Å². The Bertz CT molecular complexity index is 163. The lowest BCUT2D eigenvalue weighted by molar-refractivity contribution is -0.119. The summed E-state index contributed by atoms with van der Waals surface area (Å²) in [7, 11) is 0. The van der Waals surface area contributed by atoms with E-state index in [4.69, 9.17) is 0 Å². The fourth-order valence-electron chi connectivity index (χ4n) is 1.59. The highest BCUT2D eigenvalue weighted by Crippen LogP contribution is 2.30. The second-order valence-electron chi connectivity index (χ2n) is 3.53. The van der Waals surface area contributed by atoms with Crippen molar-refractivity contribution >= 4 is 5.78 Å². The van der Waals surface area contributed by atoms with Crippen molar-refractivity contribution in [3.05, 3.63) is 0 Å². The van der Waals surface area contributed by atoms with Crippen molar-refractivity contribution in [2.45, 2.75) is 25.8 Å². The Morgan fingerprint density at radius 1 is 1.50 bits per heavy atom. The number of rotatable bonds is 1. The minimum absolute atomic E-state index is 0.306. The fourth-order valence-corrected chi connectivity index (χ4v) is 1.59. The van der Waals surface area contributed by atoms with Crippen molar-refractivity contribution in [1.29, 1.82) is 0 Å². The maximum Gasteiger partial charge on any atom is 0.150 e. The normalized spacial score (nSPS) is 35.3. The van der Waals surface area contributed by atoms with Crippen LogP contribution in [0.3, 0.4) is 0 Å². The van der Waals surface area contributed by atoms with Crippen LogP contribution in [0.25, 0.3) is 0 Å². The molecule has 0 amide bonds. The number of hydrogen-bond donors (Lipinski definition) is 0. The highest BCUT2D eigenvalue weighted by Gasteiger charge is 2.36. The van der Waals surface area contributed by atoms with E-state index in [9.17, 15) is 4.79 Å². The second kappa shape index (κ2) is 2.06. The predicted octanol–water partition coefficient (Wildman–Crippen LogP) is 0.670. The summed E-state index contributed by atoms with van der Waals surface area (Å²) in [5, 5.41) is 0. The molecule has 1 saturated heterocycles. The maximum atomic E-state index is 11.1. The Balaban J connectivity index is 1.97. The molecule has 1 heterocycles. The van der Waals surface area contributed by atoms with Crippen LogP contribution in [-0.4, -0.2) is 29.8 Å². The van der Waals surface area contributed by atoms with Crippen LogP contribution in [0, 0.1) is 5.92 Å². The molecular weight excluding hydrogens is 126 g/mol. The molecule has 0 aromatic heterocycles. The third-order valence-electron chi connectivity index (χ3n) is 2.48. The van der Waals surface area contributed by atoms with Gasteiger partial charge in [0.05, 0.1) is 6.54 Å². The van der Waals surface area contributed by atoms with Gasteiger partial charge in [-0.1, -0.05) is 6.92 Å². The average Bonchev–Trinajstić information content (AvgIpc) is 2.64. The van der Waals surface area contributed by atoms with Crippen molar-refractivity contribution in [2.75, 3.05) is 13.1 Å². The molecule has 2 rings (SSSR count). The SMILES string of the molecule is CC1CN(C2CC2)CC1=O. The van der Waals surface area contributed by atoms with Gasteiger partial charge in [-0.25, -0.2) is 0 Å². The van der Waals surface area contributed by atoms with Crippen LogP contribution >= 0.6 is 0 Å². The summed E-state index contributed by atoms with van der Waals surface area (Å²) in [6, 6.07) is 0.772. The molecule has 2 heteroatoms. The summed E-state index contributed by atoms with van der Waals surface area (Å²) >= 11 is 0. The van der Waals surface area contributed by atoms with Crippen LogP contribution in [-0.2, 0) is 4.79 Å². The molecule has 2 aliphatic rings. The summed E-state index contributed by atoms with van der Waals surface area (Å²) < 4.78 is 0. The summed E-state index contributed by atoms with van der Waals surface area (Å²) in [6.07, 6.45) is 2.64. The molecule has 1 aliphatic heterocycles. The first-order valence-electron chi connectivity index (χ1n) is 4.04. The van der Waals surface area contributed by atoms with Crippen LogP contribution in [0.1, 0.15) is 19.8 Å². The first-order chi connectivity index (χ1) is 4.77. The lowest BCUT2D eigenvalue weighted by atomic mass is 10.1. The number of nitrogens with zero attached hydrogens (tertiary/aromatic N) is 1. The van der Waals surface area contributed by atoms with Crippen LogP contribution < -0.4 is 0 Å². The smallest absolute Gasteiger partial charge is 0.150 e. The highest BCUT2D eigenvalue weighted by molar-refractivity contribution is 5.84. The summed E-state index contributed by atoms with van der Waals surface area (Å²) in [6.45, 7) is 3.78. The van der Waals surface area contributed by atoms with E-state index in [-0.39, 0.29) is 0 Å². The van der Waals surface area contributed by atoms with Crippen molar-refractivity contribution < 1.29 is 4.79 Å². The van der Waals surface area contributed by atoms with Gasteiger partial charge in [-0.2, -0.15) is 0 Å². The molecule has 10 heavy (non-hydrogen) atoms. The van der Waals surface area contributed by atoms with Crippen molar-refractivity contribution in [2.24, 2.45) is 5.92 Å². The first kappa shape index (κ1) is 6.35. The molecule has 0 spiro atoms. The van der Waals surface area contributed by atoms with E-state index in [2.05, 4.69) is 4.90 Å². The number of carbonyl (C=O) groups is 1. The van der Waals surface area contributed by atoms with Gasteiger partial charge in [-0.15, -0.1) is 0 Å². The Kier molecular flexibility index (Phi) is 1.31. The zero-order valence-corrected chi connectivity index (χ0v) is 6.34. The number of hydrogen-bond acceptors (Lipinski definition) is 2. The van der Waals surface area contributed by atoms with Gasteiger partial charge in [-0.05, 0) is 12.8 Å². The number of ketones is 1. The second-order valence-corrected chi connectivity index (χ2v) is 3.53. The molecule has 0 bridgehead atoms. The van der Waals surface area contributed by atoms with Gasteiger partial charge in [0.15, 0.2) is 5.78 Å². The van der Waals surface area contributed by atoms with Gasteiger partial charge >= 0.3 is 0 Å². The highest BCUT2D eigenvalue weighted by atomic mass is 16.1. The molecule has 1 saturated carbocycles. The largest absolute Gasteiger partial charge is 0.298 e. The van der Waals surface area contributed by atoms with E-state index < -0.39 is 0 Å². The topological polar surface area (TPSA) is 20.3 Å². The van der Waals surface area contributed by atoms with E-state index in [1.165, 1.54) is 12.8 Å². The lowest BCUT2D eigenvalue weighted by Gasteiger charge is -2.11. The first-order valence-corrected chi connectivity index (χ1v) is 4.04. The van der Waals surface area contributed by atoms with Crippen LogP contribution in [0.4, 0.5) is 0 Å². The third-order valence-corrected chi connectivity index (χ3v) is 2.48. The third kappa shape index (κ3) is 0.966. The number of carbonyl (C=O) groups excluding carboxylic acids is 1. The monoisotopic (exact) mass is 139 g/mol. The predicted molar refractivity (Wildman–Crippen MR) is 38.8 cm³/mol. The zero-order chi connectivity index (χ0) is 7.14. The van der Waals surface area contributed by atoms with Gasteiger partial charge in [0.2, 0.25) is 0 Å². The van der Waals surface area contributed by atoms with E-state index in [1.807, 2.05) is 6.92 Å². The van der Waals surface area contributed by atoms with E-state index in [1.54, 1.807) is 0 Å². The summed E-state index contributed by atoms with van der Waals surface area (Å²) in [5.74, 6) is 0.743. The Hall–Kier alpha value is -0.370. The molecular formula is C8H13NO. The molecule has 0 aromatic rings. The van der Waals surface area contributed by atoms with E-state index in [0.29, 0.717) is 11.7 Å². The van der Waals surface area contributed by atoms with Gasteiger partial charge in [-0.3, -0.25) is 9.69 Å². The van der Waals surface area contributed by atoms with Gasteiger partial charge in [0.1, 0.15) is 0 Å². The standard InChI is InChI=1S/C8H13NO/c1-6-4-9(5-8(6)10)7-2-3-7/h6-7H,2-5H2,1H3. The minimum Gasteiger partial charge on any atom is -0.298 e. The minimum atomic E-state index is 0.306. The number of likely N-dealkylation sites (tertiary alicyclic amines) is 1. The fraction of sp³-hybridized carbons (Fsp3) is 0.875. The molecule has 56 valence electrons. The number of Topliss-reactive ketones (excluding diaryl/α,β-unsaturated/α-hetero) is 1. The molecule has 1 aliphatic carbocycles. The van der Waals surface area contributed by atoms with Crippen molar-refractivity contribution in [1.82, 2.24) is 4.90 Å². The molecule has 2 fully saturated rings. The summed E-state index contributed by atoms with van der Waals surface area (Å²) in [4.78, 5) is 13.4. The van der Waals surface area contributed by atoms with Crippen molar-refractivity contribution in [3.8, 4) is 0 Å². The maximum absolute atomic E-state index is 11.1. The molecule has 1 unspecified atom stereocenters. The van der Waals surface area contributed by atoms with Crippen LogP contribution in [0.2, 0.25) is 0 Å². The molecule has 1 atom stereocenters. The van der Waals surface area contributed by atoms with E-state index >= 15 is 0 Å². The molecule has 0 radical (unpaired) electrons. The zero-order valence-electron chi connectivity index (χ0n) is 6.34. The molecule has 0 aromatic carbocycles. The Labute approximate surface area is 61.2 Å². The van der Waals surface area contributed by atoms with Gasteiger partial charge in [0, 0.05) is 18.5 Å². The lowest BCUT2D eigenvalue weighted by Crippen LogP contribution is -2.22. The summed E-state index contributed by atoms with van der Waals surface area (Å²) in [5.41, 5.74) is 0. The molecule has 0 N–H and O–H groups in total. The molecule has 2 nitrogen and oxygen atoms in total. The Morgan fingerprint density at radius 2 is 2.20 bits per heavy atom.